The number of para-hydroxylation sites is 1. The molecule has 0 spiro atoms. The maximum Gasteiger partial charge on any atom is 0.153 e. The summed E-state index contributed by atoms with van der Waals surface area (Å²) in [6.45, 7) is 6.02. The maximum atomic E-state index is 11.4. The molecule has 2 N–H and O–H groups in total. The Morgan fingerprint density at radius 2 is 1.90 bits per heavy atom. The molecule has 0 bridgehead atoms. The summed E-state index contributed by atoms with van der Waals surface area (Å²) < 4.78 is 0. The number of hydrogen-bond acceptors (Lipinski definition) is 5. The molecule has 2 heterocycles. The molecule has 0 aliphatic carbocycles. The van der Waals surface area contributed by atoms with Crippen molar-refractivity contribution in [1.82, 2.24) is 9.97 Å². The number of H-pyrrole nitrogens is 1. The van der Waals surface area contributed by atoms with Crippen molar-refractivity contribution in [3.05, 3.63) is 60.3 Å². The van der Waals surface area contributed by atoms with Crippen LogP contribution in [-0.2, 0) is 4.79 Å². The molecular weight excluding hydrogens is 362 g/mol. The van der Waals surface area contributed by atoms with Crippen LogP contribution in [0.1, 0.15) is 20.8 Å². The first-order valence-corrected chi connectivity index (χ1v) is 9.79. The van der Waals surface area contributed by atoms with Gasteiger partial charge in [0.1, 0.15) is 18.3 Å². The minimum atomic E-state index is -0.212. The first-order chi connectivity index (χ1) is 13.9. The van der Waals surface area contributed by atoms with E-state index in [2.05, 4.69) is 57.1 Å². The number of allylic oxidation sites excluding steroid dienone is 1. The molecule has 1 atom stereocenters. The maximum absolute atomic E-state index is 11.4. The largest absolute Gasteiger partial charge is 0.380 e. The second kappa shape index (κ2) is 8.82. The molecule has 0 saturated carbocycles. The van der Waals surface area contributed by atoms with Crippen LogP contribution in [0.15, 0.2) is 60.3 Å². The molecule has 6 heteroatoms. The third kappa shape index (κ3) is 4.59. The number of aromatic amines is 1. The van der Waals surface area contributed by atoms with Crippen LogP contribution in [-0.4, -0.2) is 42.6 Å². The summed E-state index contributed by atoms with van der Waals surface area (Å²) >= 11 is 0. The van der Waals surface area contributed by atoms with Crippen LogP contribution in [0.2, 0.25) is 0 Å². The number of anilines is 3. The molecule has 0 fully saturated rings. The number of carbonyl (C=O) groups excluding carboxylic acids is 1. The second-order valence-electron chi connectivity index (χ2n) is 7.58. The third-order valence-corrected chi connectivity index (χ3v) is 4.85. The highest BCUT2D eigenvalue weighted by Crippen LogP contribution is 2.28. The van der Waals surface area contributed by atoms with Gasteiger partial charge >= 0.3 is 0 Å². The Hall–Kier alpha value is -3.28. The number of aldehydes is 1. The van der Waals surface area contributed by atoms with E-state index in [1.165, 1.54) is 0 Å². The third-order valence-electron chi connectivity index (χ3n) is 4.85. The van der Waals surface area contributed by atoms with Gasteiger partial charge in [-0.15, -0.1) is 0 Å². The zero-order valence-corrected chi connectivity index (χ0v) is 17.7. The molecule has 0 radical (unpaired) electrons. The van der Waals surface area contributed by atoms with Gasteiger partial charge in [0, 0.05) is 37.2 Å². The minimum absolute atomic E-state index is 0.212. The quantitative estimate of drug-likeness (QED) is 0.338. The number of benzene rings is 1. The van der Waals surface area contributed by atoms with Crippen molar-refractivity contribution >= 4 is 34.5 Å². The Balaban J connectivity index is 2.02. The molecule has 1 aromatic carbocycles. The predicted octanol–water partition coefficient (Wildman–Crippen LogP) is 4.43. The van der Waals surface area contributed by atoms with Crippen LogP contribution in [0.4, 0.5) is 17.3 Å². The van der Waals surface area contributed by atoms with Gasteiger partial charge < -0.3 is 20.1 Å². The van der Waals surface area contributed by atoms with Crippen molar-refractivity contribution in [2.75, 3.05) is 29.2 Å². The smallest absolute Gasteiger partial charge is 0.153 e. The number of nitrogens with zero attached hydrogens (tertiary/aromatic N) is 3. The summed E-state index contributed by atoms with van der Waals surface area (Å²) in [4.78, 5) is 23.6. The highest BCUT2D eigenvalue weighted by molar-refractivity contribution is 5.84. The van der Waals surface area contributed by atoms with Gasteiger partial charge in [0.2, 0.25) is 0 Å². The van der Waals surface area contributed by atoms with E-state index in [0.29, 0.717) is 5.57 Å². The van der Waals surface area contributed by atoms with Crippen molar-refractivity contribution in [1.29, 1.82) is 0 Å². The van der Waals surface area contributed by atoms with Crippen molar-refractivity contribution in [3.8, 4) is 0 Å². The lowest BCUT2D eigenvalue weighted by atomic mass is 10.2. The SMILES string of the molecule is CC(C=O)=CC(N(C)c1cc2ccccc2[nH]1)N(C)c1ncccc1NC(C)C. The highest BCUT2D eigenvalue weighted by Gasteiger charge is 2.23. The molecule has 0 aliphatic heterocycles. The topological polar surface area (TPSA) is 64.3 Å². The van der Waals surface area contributed by atoms with E-state index >= 15 is 0 Å². The molecule has 2 aromatic heterocycles. The summed E-state index contributed by atoms with van der Waals surface area (Å²) in [5.41, 5.74) is 2.70. The summed E-state index contributed by atoms with van der Waals surface area (Å²) in [5.74, 6) is 1.79. The van der Waals surface area contributed by atoms with Crippen LogP contribution in [0.25, 0.3) is 10.9 Å². The number of hydrogen-bond donors (Lipinski definition) is 2. The fraction of sp³-hybridized carbons (Fsp3) is 0.304. The molecule has 3 aromatic rings. The van der Waals surface area contributed by atoms with Crippen LogP contribution < -0.4 is 15.1 Å². The van der Waals surface area contributed by atoms with E-state index in [-0.39, 0.29) is 12.2 Å². The van der Waals surface area contributed by atoms with Gasteiger partial charge in [0.25, 0.3) is 0 Å². The Morgan fingerprint density at radius 1 is 1.14 bits per heavy atom. The number of pyridine rings is 1. The van der Waals surface area contributed by atoms with Gasteiger partial charge in [0.15, 0.2) is 5.82 Å². The first kappa shape index (κ1) is 20.5. The van der Waals surface area contributed by atoms with E-state index in [4.69, 9.17) is 0 Å². The van der Waals surface area contributed by atoms with Gasteiger partial charge in [-0.2, -0.15) is 0 Å². The Bertz CT molecular complexity index is 974. The van der Waals surface area contributed by atoms with Gasteiger partial charge in [0.05, 0.1) is 5.69 Å². The predicted molar refractivity (Wildman–Crippen MR) is 122 cm³/mol. The van der Waals surface area contributed by atoms with Crippen molar-refractivity contribution < 1.29 is 4.79 Å². The van der Waals surface area contributed by atoms with Gasteiger partial charge in [-0.25, -0.2) is 4.98 Å². The van der Waals surface area contributed by atoms with E-state index in [1.54, 1.807) is 6.20 Å². The van der Waals surface area contributed by atoms with Gasteiger partial charge in [-0.1, -0.05) is 18.2 Å². The van der Waals surface area contributed by atoms with E-state index in [1.807, 2.05) is 51.4 Å². The molecule has 0 saturated heterocycles. The van der Waals surface area contributed by atoms with Crippen LogP contribution in [0.5, 0.6) is 0 Å². The lowest BCUT2D eigenvalue weighted by Gasteiger charge is -2.36. The zero-order chi connectivity index (χ0) is 21.0. The Labute approximate surface area is 172 Å². The van der Waals surface area contributed by atoms with Gasteiger partial charge in [-0.3, -0.25) is 4.79 Å². The van der Waals surface area contributed by atoms with E-state index in [0.717, 1.165) is 34.5 Å². The summed E-state index contributed by atoms with van der Waals surface area (Å²) in [5, 5.41) is 4.60. The van der Waals surface area contributed by atoms with Crippen molar-refractivity contribution in [3.63, 3.8) is 0 Å². The average Bonchev–Trinajstić information content (AvgIpc) is 3.15. The second-order valence-corrected chi connectivity index (χ2v) is 7.58. The molecule has 1 unspecified atom stereocenters. The number of likely N-dealkylation sites (N-methyl/N-ethyl adjacent to an activating group) is 2. The van der Waals surface area contributed by atoms with Crippen LogP contribution in [0.3, 0.4) is 0 Å². The zero-order valence-electron chi connectivity index (χ0n) is 17.7. The summed E-state index contributed by atoms with van der Waals surface area (Å²) in [6, 6.07) is 14.5. The fourth-order valence-corrected chi connectivity index (χ4v) is 3.38. The number of nitrogens with one attached hydrogen (secondary N) is 2. The molecule has 152 valence electrons. The van der Waals surface area contributed by atoms with Crippen LogP contribution >= 0.6 is 0 Å². The molecule has 29 heavy (non-hydrogen) atoms. The van der Waals surface area contributed by atoms with Crippen LogP contribution in [0, 0.1) is 0 Å². The van der Waals surface area contributed by atoms with Crippen molar-refractivity contribution in [2.24, 2.45) is 0 Å². The Morgan fingerprint density at radius 3 is 2.59 bits per heavy atom. The normalized spacial score (nSPS) is 12.8. The number of aromatic nitrogens is 2. The number of rotatable bonds is 8. The summed E-state index contributed by atoms with van der Waals surface area (Å²) in [7, 11) is 4.01. The molecule has 0 amide bonds. The minimum Gasteiger partial charge on any atom is -0.380 e. The molecule has 0 aliphatic rings. The number of fused-ring (bicyclic) bond motifs is 1. The van der Waals surface area contributed by atoms with Gasteiger partial charge in [-0.05, 0) is 56.7 Å². The monoisotopic (exact) mass is 391 g/mol. The molecule has 3 rings (SSSR count). The number of carbonyl (C=O) groups is 1. The van der Waals surface area contributed by atoms with E-state index < -0.39 is 0 Å². The average molecular weight is 392 g/mol. The van der Waals surface area contributed by atoms with E-state index in [9.17, 15) is 4.79 Å². The lowest BCUT2D eigenvalue weighted by Crippen LogP contribution is -2.45. The molecular formula is C23H29N5O. The lowest BCUT2D eigenvalue weighted by molar-refractivity contribution is -0.104. The fourth-order valence-electron chi connectivity index (χ4n) is 3.38. The van der Waals surface area contributed by atoms with Crippen molar-refractivity contribution in [2.45, 2.75) is 33.0 Å². The molecule has 6 nitrogen and oxygen atoms in total. The first-order valence-electron chi connectivity index (χ1n) is 9.79. The highest BCUT2D eigenvalue weighted by atomic mass is 16.1. The summed E-state index contributed by atoms with van der Waals surface area (Å²) in [6.07, 6.45) is 4.40. The Kier molecular flexibility index (Phi) is 6.22. The standard InChI is InChI=1S/C23H29N5O/c1-16(2)25-20-11-8-12-24-23(20)28(5)22(13-17(3)15-29)27(4)21-14-18-9-6-7-10-19(18)26-21/h6-16,22,25-26H,1-5H3.